The van der Waals surface area contributed by atoms with Crippen LogP contribution in [0.1, 0.15) is 37.8 Å². The summed E-state index contributed by atoms with van der Waals surface area (Å²) < 4.78 is 0. The molecule has 0 saturated carbocycles. The molecule has 0 aromatic carbocycles. The lowest BCUT2D eigenvalue weighted by Crippen LogP contribution is -2.42. The van der Waals surface area contributed by atoms with Crippen molar-refractivity contribution in [2.24, 2.45) is 11.0 Å². The van der Waals surface area contributed by atoms with Crippen LogP contribution in [0.5, 0.6) is 0 Å². The van der Waals surface area contributed by atoms with Crippen LogP contribution in [0.25, 0.3) is 0 Å². The van der Waals surface area contributed by atoms with Gasteiger partial charge in [-0.1, -0.05) is 18.2 Å². The molecule has 6 nitrogen and oxygen atoms in total. The molecule has 0 radical (unpaired) electrons. The van der Waals surface area contributed by atoms with Crippen molar-refractivity contribution in [2.75, 3.05) is 6.54 Å². The molecule has 1 aromatic heterocycles. The Balaban J connectivity index is 1.74. The zero-order chi connectivity index (χ0) is 16.8. The van der Waals surface area contributed by atoms with Gasteiger partial charge in [0.15, 0.2) is 0 Å². The molecule has 1 aliphatic carbocycles. The van der Waals surface area contributed by atoms with E-state index in [1.165, 1.54) is 0 Å². The summed E-state index contributed by atoms with van der Waals surface area (Å²) >= 11 is 0. The third-order valence-corrected chi connectivity index (χ3v) is 4.37. The van der Waals surface area contributed by atoms with E-state index in [-0.39, 0.29) is 11.8 Å². The van der Waals surface area contributed by atoms with Gasteiger partial charge in [0.1, 0.15) is 5.71 Å². The minimum atomic E-state index is -0.139. The Morgan fingerprint density at radius 2 is 2.21 bits per heavy atom. The Kier molecular flexibility index (Phi) is 5.36. The maximum atomic E-state index is 12.9. The average Bonchev–Trinajstić information content (AvgIpc) is 2.63. The van der Waals surface area contributed by atoms with Gasteiger partial charge in [-0.15, -0.1) is 0 Å². The lowest BCUT2D eigenvalue weighted by molar-refractivity contribution is -0.125. The SMILES string of the molecule is O=C1CCC(C(=O)N(Cc2ccccn2)CC2CC=CCC2)=NN1. The fraction of sp³-hybridized carbons (Fsp3) is 0.444. The molecule has 1 unspecified atom stereocenters. The molecule has 24 heavy (non-hydrogen) atoms. The normalized spacial score (nSPS) is 20.2. The first-order chi connectivity index (χ1) is 11.7. The second-order valence-corrected chi connectivity index (χ2v) is 6.25. The molecule has 0 spiro atoms. The van der Waals surface area contributed by atoms with Crippen LogP contribution in [-0.4, -0.2) is 34.0 Å². The fourth-order valence-corrected chi connectivity index (χ4v) is 3.05. The summed E-state index contributed by atoms with van der Waals surface area (Å²) in [5.41, 5.74) is 3.70. The number of aromatic nitrogens is 1. The van der Waals surface area contributed by atoms with Gasteiger partial charge in [-0.2, -0.15) is 5.10 Å². The molecule has 3 rings (SSSR count). The molecule has 1 aliphatic heterocycles. The van der Waals surface area contributed by atoms with Crippen LogP contribution in [0.2, 0.25) is 0 Å². The van der Waals surface area contributed by atoms with Gasteiger partial charge in [0.05, 0.1) is 12.2 Å². The quantitative estimate of drug-likeness (QED) is 0.841. The van der Waals surface area contributed by atoms with Crippen molar-refractivity contribution in [1.82, 2.24) is 15.3 Å². The van der Waals surface area contributed by atoms with Gasteiger partial charge in [0.2, 0.25) is 5.91 Å². The topological polar surface area (TPSA) is 74.7 Å². The number of amides is 2. The van der Waals surface area contributed by atoms with Crippen molar-refractivity contribution >= 4 is 17.5 Å². The summed E-state index contributed by atoms with van der Waals surface area (Å²) in [6.07, 6.45) is 9.98. The standard InChI is InChI=1S/C18H22N4O2/c23-17-10-9-16(20-21-17)18(24)22(12-14-6-2-1-3-7-14)13-15-8-4-5-11-19-15/h1-2,4-5,8,11,14H,3,6-7,9-10,12-13H2,(H,21,23). The highest BCUT2D eigenvalue weighted by molar-refractivity contribution is 6.39. The second-order valence-electron chi connectivity index (χ2n) is 6.25. The minimum Gasteiger partial charge on any atom is -0.331 e. The minimum absolute atomic E-state index is 0.102. The largest absolute Gasteiger partial charge is 0.331 e. The van der Waals surface area contributed by atoms with Gasteiger partial charge >= 0.3 is 0 Å². The molecule has 0 fully saturated rings. The molecule has 2 amide bonds. The smallest absolute Gasteiger partial charge is 0.270 e. The number of hydrazone groups is 1. The zero-order valence-corrected chi connectivity index (χ0v) is 13.6. The zero-order valence-electron chi connectivity index (χ0n) is 13.6. The van der Waals surface area contributed by atoms with E-state index in [4.69, 9.17) is 0 Å². The summed E-state index contributed by atoms with van der Waals surface area (Å²) in [7, 11) is 0. The molecule has 1 N–H and O–H groups in total. The highest BCUT2D eigenvalue weighted by atomic mass is 16.2. The molecule has 6 heteroatoms. The van der Waals surface area contributed by atoms with E-state index in [0.29, 0.717) is 37.6 Å². The molecule has 0 saturated heterocycles. The lowest BCUT2D eigenvalue weighted by atomic mass is 9.93. The number of pyridine rings is 1. The van der Waals surface area contributed by atoms with Crippen LogP contribution >= 0.6 is 0 Å². The lowest BCUT2D eigenvalue weighted by Gasteiger charge is -2.29. The van der Waals surface area contributed by atoms with Gasteiger partial charge in [0, 0.05) is 25.6 Å². The average molecular weight is 326 g/mol. The molecule has 126 valence electrons. The Labute approximate surface area is 141 Å². The second kappa shape index (κ2) is 7.86. The van der Waals surface area contributed by atoms with Crippen LogP contribution in [0.4, 0.5) is 0 Å². The highest BCUT2D eigenvalue weighted by Gasteiger charge is 2.26. The third-order valence-electron chi connectivity index (χ3n) is 4.37. The first kappa shape index (κ1) is 16.4. The van der Waals surface area contributed by atoms with Gasteiger partial charge < -0.3 is 4.90 Å². The summed E-state index contributed by atoms with van der Waals surface area (Å²) in [6, 6.07) is 5.71. The first-order valence-corrected chi connectivity index (χ1v) is 8.42. The summed E-state index contributed by atoms with van der Waals surface area (Å²) in [5, 5.41) is 3.96. The van der Waals surface area contributed by atoms with Gasteiger partial charge in [0.25, 0.3) is 5.91 Å². The Hall–Kier alpha value is -2.50. The van der Waals surface area contributed by atoms with Gasteiger partial charge in [-0.25, -0.2) is 5.43 Å². The molecular weight excluding hydrogens is 304 g/mol. The van der Waals surface area contributed by atoms with E-state index in [1.54, 1.807) is 6.20 Å². The van der Waals surface area contributed by atoms with E-state index >= 15 is 0 Å². The Morgan fingerprint density at radius 3 is 2.88 bits per heavy atom. The predicted octanol–water partition coefficient (Wildman–Crippen LogP) is 2.03. The number of allylic oxidation sites excluding steroid dienone is 2. The van der Waals surface area contributed by atoms with Crippen LogP contribution in [0.3, 0.4) is 0 Å². The maximum absolute atomic E-state index is 12.9. The fourth-order valence-electron chi connectivity index (χ4n) is 3.05. The van der Waals surface area contributed by atoms with Crippen molar-refractivity contribution < 1.29 is 9.59 Å². The number of carbonyl (C=O) groups excluding carboxylic acids is 2. The van der Waals surface area contributed by atoms with Gasteiger partial charge in [-0.05, 0) is 37.3 Å². The van der Waals surface area contributed by atoms with Crippen molar-refractivity contribution in [3.05, 3.63) is 42.2 Å². The Morgan fingerprint density at radius 1 is 1.29 bits per heavy atom. The van der Waals surface area contributed by atoms with Gasteiger partial charge in [-0.3, -0.25) is 14.6 Å². The van der Waals surface area contributed by atoms with Crippen LogP contribution in [0, 0.1) is 5.92 Å². The van der Waals surface area contributed by atoms with Crippen molar-refractivity contribution in [2.45, 2.75) is 38.6 Å². The third kappa shape index (κ3) is 4.28. The number of carbonyl (C=O) groups is 2. The molecule has 1 aromatic rings. The Bertz CT molecular complexity index is 654. The monoisotopic (exact) mass is 326 g/mol. The van der Waals surface area contributed by atoms with E-state index in [9.17, 15) is 9.59 Å². The summed E-state index contributed by atoms with van der Waals surface area (Å²) in [6.45, 7) is 1.15. The summed E-state index contributed by atoms with van der Waals surface area (Å²) in [4.78, 5) is 30.3. The van der Waals surface area contributed by atoms with Crippen LogP contribution in [-0.2, 0) is 16.1 Å². The maximum Gasteiger partial charge on any atom is 0.270 e. The highest BCUT2D eigenvalue weighted by Crippen LogP contribution is 2.21. The van der Waals surface area contributed by atoms with E-state index in [2.05, 4.69) is 27.7 Å². The number of nitrogens with one attached hydrogen (secondary N) is 1. The molecule has 2 heterocycles. The number of rotatable bonds is 5. The van der Waals surface area contributed by atoms with E-state index in [0.717, 1.165) is 25.0 Å². The molecule has 1 atom stereocenters. The number of nitrogens with zero attached hydrogens (tertiary/aromatic N) is 3. The van der Waals surface area contributed by atoms with E-state index in [1.807, 2.05) is 23.1 Å². The predicted molar refractivity (Wildman–Crippen MR) is 90.9 cm³/mol. The van der Waals surface area contributed by atoms with E-state index < -0.39 is 0 Å². The van der Waals surface area contributed by atoms with Crippen molar-refractivity contribution in [1.29, 1.82) is 0 Å². The van der Waals surface area contributed by atoms with Crippen molar-refractivity contribution in [3.8, 4) is 0 Å². The van der Waals surface area contributed by atoms with Crippen LogP contribution < -0.4 is 5.43 Å². The van der Waals surface area contributed by atoms with Crippen molar-refractivity contribution in [3.63, 3.8) is 0 Å². The molecular formula is C18H22N4O2. The molecule has 2 aliphatic rings. The number of hydrogen-bond acceptors (Lipinski definition) is 4. The summed E-state index contributed by atoms with van der Waals surface area (Å²) in [5.74, 6) is 0.219. The molecule has 0 bridgehead atoms. The van der Waals surface area contributed by atoms with Crippen LogP contribution in [0.15, 0.2) is 41.6 Å². The first-order valence-electron chi connectivity index (χ1n) is 8.42. The number of hydrogen-bond donors (Lipinski definition) is 1.